The van der Waals surface area contributed by atoms with Crippen LogP contribution in [-0.2, 0) is 10.2 Å². The van der Waals surface area contributed by atoms with Gasteiger partial charge in [-0.05, 0) is 83.4 Å². The van der Waals surface area contributed by atoms with Crippen LogP contribution >= 0.6 is 23.9 Å². The van der Waals surface area contributed by atoms with E-state index in [1.165, 1.54) is 11.8 Å². The lowest BCUT2D eigenvalue weighted by atomic mass is 9.83. The predicted molar refractivity (Wildman–Crippen MR) is 178 cm³/mol. The Bertz CT molecular complexity index is 1730. The molecule has 1 aliphatic carbocycles. The topological polar surface area (TPSA) is 130 Å². The van der Waals surface area contributed by atoms with Crippen LogP contribution in [0.5, 0.6) is 5.75 Å². The summed E-state index contributed by atoms with van der Waals surface area (Å²) in [7, 11) is 3.02. The summed E-state index contributed by atoms with van der Waals surface area (Å²) < 4.78 is 12.4. The molecule has 3 heterocycles. The second-order valence-corrected chi connectivity index (χ2v) is 14.0. The Kier molecular flexibility index (Phi) is 8.31. The normalized spacial score (nSPS) is 19.6. The van der Waals surface area contributed by atoms with Crippen LogP contribution in [0.3, 0.4) is 0 Å². The molecule has 2 fully saturated rings. The van der Waals surface area contributed by atoms with Crippen LogP contribution in [0.1, 0.15) is 24.0 Å². The quantitative estimate of drug-likeness (QED) is 0.121. The molecule has 4 aromatic rings. The molecule has 0 amide bonds. The first kappa shape index (κ1) is 29.4. The van der Waals surface area contributed by atoms with Gasteiger partial charge in [0, 0.05) is 66.6 Å². The highest BCUT2D eigenvalue weighted by Gasteiger charge is 2.57. The van der Waals surface area contributed by atoms with Crippen molar-refractivity contribution in [2.45, 2.75) is 18.3 Å². The molecule has 222 valence electrons. The van der Waals surface area contributed by atoms with Crippen molar-refractivity contribution in [3.8, 4) is 5.75 Å². The van der Waals surface area contributed by atoms with Crippen LogP contribution in [0.15, 0.2) is 53.5 Å². The average molecular weight is 662 g/mol. The number of methoxy groups -OCH3 is 1. The third kappa shape index (κ3) is 5.57. The van der Waals surface area contributed by atoms with Gasteiger partial charge in [0.15, 0.2) is 0 Å². The van der Waals surface area contributed by atoms with Crippen LogP contribution in [0.4, 0.5) is 23.1 Å². The van der Waals surface area contributed by atoms with Crippen molar-refractivity contribution in [1.29, 1.82) is 5.41 Å². The molecule has 2 aromatic heterocycles. The minimum absolute atomic E-state index is 0.0420. The van der Waals surface area contributed by atoms with Crippen LogP contribution in [0.2, 0.25) is 0 Å². The second kappa shape index (κ2) is 12.1. The number of benzene rings is 2. The second-order valence-electron chi connectivity index (χ2n) is 10.9. The highest BCUT2D eigenvalue weighted by Crippen LogP contribution is 2.61. The molecule has 0 radical (unpaired) electrons. The Hall–Kier alpha value is -3.66. The van der Waals surface area contributed by atoms with Gasteiger partial charge in [0.25, 0.3) is 0 Å². The lowest BCUT2D eigenvalue weighted by Gasteiger charge is -2.27. The zero-order chi connectivity index (χ0) is 30.1. The number of halogens is 1. The first-order valence-electron chi connectivity index (χ1n) is 14.0. The molecule has 4 N–H and O–H groups in total. The van der Waals surface area contributed by atoms with Gasteiger partial charge >= 0.3 is 0 Å². The van der Waals surface area contributed by atoms with Gasteiger partial charge in [0.05, 0.1) is 34.9 Å². The third-order valence-electron chi connectivity index (χ3n) is 8.19. The molecule has 0 spiro atoms. The van der Waals surface area contributed by atoms with E-state index in [9.17, 15) is 0 Å². The maximum atomic E-state index is 8.18. The lowest BCUT2D eigenvalue weighted by Crippen LogP contribution is -2.23. The van der Waals surface area contributed by atoms with Gasteiger partial charge in [0.1, 0.15) is 11.6 Å². The minimum Gasteiger partial charge on any atom is -0.495 e. The Morgan fingerprint density at radius 2 is 2.00 bits per heavy atom. The molecule has 1 saturated heterocycles. The fraction of sp³-hybridized carbons (Fsp3) is 0.323. The van der Waals surface area contributed by atoms with E-state index < -0.39 is 7.92 Å². The summed E-state index contributed by atoms with van der Waals surface area (Å²) in [5.41, 5.74) is 6.40. The summed E-state index contributed by atoms with van der Waals surface area (Å²) in [4.78, 5) is 18.5. The summed E-state index contributed by atoms with van der Waals surface area (Å²) in [6.45, 7) is 5.91. The summed E-state index contributed by atoms with van der Waals surface area (Å²) >= 11 is 3.62. The standard InChI is InChI=1S/C31H34BrN8O2P/c1-34-15-18(14-33)20-11-25(26(41-2)12-21(20)31-7-10-42-17-19(31)13-31)39-30-37-16-22(32)29(40-30)38-24-6-5-23-27(28(24)43(3)4)36-9-8-35-23/h5-6,8-9,11-12,14-16,19,33-34H,7,10,13,17H2,1-4H3,(H2,37,38,39,40)/b18-15+,33-14?. The van der Waals surface area contributed by atoms with E-state index in [1.807, 2.05) is 31.4 Å². The number of ether oxygens (including phenoxy) is 2. The van der Waals surface area contributed by atoms with Crippen molar-refractivity contribution in [3.63, 3.8) is 0 Å². The van der Waals surface area contributed by atoms with E-state index in [1.54, 1.807) is 25.7 Å². The van der Waals surface area contributed by atoms with Gasteiger partial charge in [-0.1, -0.05) is 7.92 Å². The van der Waals surface area contributed by atoms with Crippen molar-refractivity contribution in [2.75, 3.05) is 51.3 Å². The number of hydrogen-bond donors (Lipinski definition) is 4. The third-order valence-corrected chi connectivity index (χ3v) is 10.1. The number of fused-ring (bicyclic) bond motifs is 2. The van der Waals surface area contributed by atoms with Crippen LogP contribution < -0.4 is 26.0 Å². The fourth-order valence-electron chi connectivity index (χ4n) is 6.04. The van der Waals surface area contributed by atoms with Crippen LogP contribution in [0, 0.1) is 11.3 Å². The maximum absolute atomic E-state index is 8.18. The van der Waals surface area contributed by atoms with Gasteiger partial charge < -0.3 is 30.8 Å². The monoisotopic (exact) mass is 660 g/mol. The zero-order valence-electron chi connectivity index (χ0n) is 24.5. The van der Waals surface area contributed by atoms with E-state index in [0.717, 1.165) is 63.7 Å². The van der Waals surface area contributed by atoms with E-state index in [2.05, 4.69) is 66.2 Å². The Morgan fingerprint density at radius 3 is 2.74 bits per heavy atom. The number of nitrogens with one attached hydrogen (secondary N) is 4. The van der Waals surface area contributed by atoms with Gasteiger partial charge in [-0.2, -0.15) is 4.98 Å². The van der Waals surface area contributed by atoms with Gasteiger partial charge in [-0.15, -0.1) is 0 Å². The van der Waals surface area contributed by atoms with Crippen molar-refractivity contribution in [3.05, 3.63) is 64.7 Å². The fourth-order valence-corrected chi connectivity index (χ4v) is 7.54. The molecule has 10 nitrogen and oxygen atoms in total. The van der Waals surface area contributed by atoms with Gasteiger partial charge in [-0.25, -0.2) is 4.98 Å². The molecule has 1 aliphatic heterocycles. The molecular formula is C31H34BrN8O2P. The number of hydrogen-bond acceptors (Lipinski definition) is 10. The smallest absolute Gasteiger partial charge is 0.229 e. The molecule has 2 unspecified atom stereocenters. The van der Waals surface area contributed by atoms with Crippen LogP contribution in [0.25, 0.3) is 16.6 Å². The van der Waals surface area contributed by atoms with E-state index >= 15 is 0 Å². The van der Waals surface area contributed by atoms with Gasteiger partial charge in [0.2, 0.25) is 5.95 Å². The summed E-state index contributed by atoms with van der Waals surface area (Å²) in [6, 6.07) is 8.15. The first-order chi connectivity index (χ1) is 20.9. The van der Waals surface area contributed by atoms with Crippen molar-refractivity contribution >= 4 is 75.1 Å². The Labute approximate surface area is 260 Å². The molecule has 2 aliphatic rings. The van der Waals surface area contributed by atoms with E-state index in [0.29, 0.717) is 29.1 Å². The van der Waals surface area contributed by atoms with Crippen molar-refractivity contribution < 1.29 is 9.47 Å². The lowest BCUT2D eigenvalue weighted by molar-refractivity contribution is 0.0802. The Balaban J connectivity index is 1.38. The highest BCUT2D eigenvalue weighted by molar-refractivity contribution is 9.10. The summed E-state index contributed by atoms with van der Waals surface area (Å²) in [6.07, 6.45) is 10.4. The number of allylic oxidation sites excluding steroid dienone is 1. The highest BCUT2D eigenvalue weighted by atomic mass is 79.9. The van der Waals surface area contributed by atoms with Crippen molar-refractivity contribution in [2.24, 2.45) is 5.92 Å². The molecule has 2 aromatic carbocycles. The summed E-state index contributed by atoms with van der Waals surface area (Å²) in [5.74, 6) is 2.19. The largest absolute Gasteiger partial charge is 0.495 e. The molecule has 1 saturated carbocycles. The maximum Gasteiger partial charge on any atom is 0.229 e. The summed E-state index contributed by atoms with van der Waals surface area (Å²) in [5, 5.41) is 19.3. The molecule has 0 bridgehead atoms. The average Bonchev–Trinajstić information content (AvgIpc) is 3.77. The predicted octanol–water partition coefficient (Wildman–Crippen LogP) is 5.93. The minimum atomic E-state index is -0.493. The van der Waals surface area contributed by atoms with E-state index in [-0.39, 0.29) is 5.41 Å². The van der Waals surface area contributed by atoms with E-state index in [4.69, 9.17) is 19.9 Å². The first-order valence-corrected chi connectivity index (χ1v) is 17.1. The zero-order valence-corrected chi connectivity index (χ0v) is 27.0. The molecular weight excluding hydrogens is 627 g/mol. The van der Waals surface area contributed by atoms with Gasteiger partial charge in [-0.3, -0.25) is 9.97 Å². The Morgan fingerprint density at radius 1 is 1.16 bits per heavy atom. The SMILES string of the molecule is CN/C=C(\C=N)c1cc(Nc2ncc(Br)c(Nc3ccc4nccnc4c3P(C)C)n2)c(OC)cc1C12CCOCC1C2. The number of nitrogens with zero attached hydrogens (tertiary/aromatic N) is 4. The molecule has 43 heavy (non-hydrogen) atoms. The molecule has 2 atom stereocenters. The molecule has 12 heteroatoms. The van der Waals surface area contributed by atoms with Crippen molar-refractivity contribution in [1.82, 2.24) is 25.3 Å². The van der Waals surface area contributed by atoms with Crippen LogP contribution in [-0.4, -0.2) is 66.9 Å². The molecule has 6 rings (SSSR count). The number of aromatic nitrogens is 4. The number of rotatable bonds is 10. The number of anilines is 4.